The summed E-state index contributed by atoms with van der Waals surface area (Å²) in [6.07, 6.45) is 5.73. The van der Waals surface area contributed by atoms with Crippen molar-refractivity contribution in [3.05, 3.63) is 71.6 Å². The zero-order valence-corrected chi connectivity index (χ0v) is 20.8. The maximum atomic E-state index is 4.81. The molecule has 1 aliphatic rings. The highest BCUT2D eigenvalue weighted by Crippen LogP contribution is 2.28. The van der Waals surface area contributed by atoms with Crippen molar-refractivity contribution in [2.45, 2.75) is 44.2 Å². The SMILES string of the molecule is CN(C)c1nc(NC2CCC(NCCc3csc(-c4ccccc4)c3)CC2)nc2ccccc12. The predicted molar refractivity (Wildman–Crippen MR) is 145 cm³/mol. The Morgan fingerprint density at radius 3 is 2.44 bits per heavy atom. The Labute approximate surface area is 206 Å². The van der Waals surface area contributed by atoms with Gasteiger partial charge in [-0.1, -0.05) is 42.5 Å². The first-order chi connectivity index (χ1) is 16.7. The fourth-order valence-corrected chi connectivity index (χ4v) is 5.73. The van der Waals surface area contributed by atoms with Crippen LogP contribution in [0, 0.1) is 0 Å². The predicted octanol–water partition coefficient (Wildman–Crippen LogP) is 5.98. The molecule has 0 bridgehead atoms. The molecule has 1 saturated carbocycles. The van der Waals surface area contributed by atoms with Gasteiger partial charge in [-0.25, -0.2) is 4.98 Å². The van der Waals surface area contributed by atoms with Crippen LogP contribution < -0.4 is 15.5 Å². The highest BCUT2D eigenvalue weighted by molar-refractivity contribution is 7.13. The molecule has 2 aromatic carbocycles. The quantitative estimate of drug-likeness (QED) is 0.331. The topological polar surface area (TPSA) is 53.1 Å². The van der Waals surface area contributed by atoms with Gasteiger partial charge < -0.3 is 15.5 Å². The lowest BCUT2D eigenvalue weighted by atomic mass is 9.91. The van der Waals surface area contributed by atoms with Crippen LogP contribution in [0.4, 0.5) is 11.8 Å². The smallest absolute Gasteiger partial charge is 0.225 e. The lowest BCUT2D eigenvalue weighted by Crippen LogP contribution is -2.38. The fraction of sp³-hybridized carbons (Fsp3) is 0.357. The number of hydrogen-bond acceptors (Lipinski definition) is 6. The van der Waals surface area contributed by atoms with Crippen LogP contribution in [-0.4, -0.2) is 42.7 Å². The van der Waals surface area contributed by atoms with Gasteiger partial charge in [0.1, 0.15) is 5.82 Å². The largest absolute Gasteiger partial charge is 0.362 e. The first-order valence-electron chi connectivity index (χ1n) is 12.2. The zero-order valence-electron chi connectivity index (χ0n) is 20.0. The second-order valence-electron chi connectivity index (χ2n) is 9.36. The summed E-state index contributed by atoms with van der Waals surface area (Å²) in [7, 11) is 4.07. The summed E-state index contributed by atoms with van der Waals surface area (Å²) in [6, 6.07) is 22.2. The molecule has 5 nitrogen and oxygen atoms in total. The van der Waals surface area contributed by atoms with Crippen molar-refractivity contribution in [1.29, 1.82) is 0 Å². The van der Waals surface area contributed by atoms with E-state index >= 15 is 0 Å². The van der Waals surface area contributed by atoms with Gasteiger partial charge in [0.05, 0.1) is 5.52 Å². The maximum absolute atomic E-state index is 4.81. The summed E-state index contributed by atoms with van der Waals surface area (Å²) < 4.78 is 0. The Kier molecular flexibility index (Phi) is 7.07. The summed E-state index contributed by atoms with van der Waals surface area (Å²) >= 11 is 1.84. The van der Waals surface area contributed by atoms with E-state index in [1.54, 1.807) is 0 Å². The molecule has 2 aromatic heterocycles. The van der Waals surface area contributed by atoms with Gasteiger partial charge in [0.15, 0.2) is 0 Å². The number of fused-ring (bicyclic) bond motifs is 1. The maximum Gasteiger partial charge on any atom is 0.225 e. The molecule has 34 heavy (non-hydrogen) atoms. The molecule has 0 saturated heterocycles. The molecule has 4 aromatic rings. The van der Waals surface area contributed by atoms with Crippen LogP contribution in [0.5, 0.6) is 0 Å². The number of hydrogen-bond donors (Lipinski definition) is 2. The number of benzene rings is 2. The first-order valence-corrected chi connectivity index (χ1v) is 13.1. The fourth-order valence-electron chi connectivity index (χ4n) is 4.77. The Bertz CT molecular complexity index is 1210. The number of aromatic nitrogens is 2. The summed E-state index contributed by atoms with van der Waals surface area (Å²) in [5, 5.41) is 10.8. The van der Waals surface area contributed by atoms with Crippen molar-refractivity contribution < 1.29 is 0 Å². The highest BCUT2D eigenvalue weighted by Gasteiger charge is 2.22. The van der Waals surface area contributed by atoms with Crippen LogP contribution in [0.25, 0.3) is 21.3 Å². The molecule has 5 rings (SSSR count). The average molecular weight is 472 g/mol. The molecular formula is C28H33N5S. The van der Waals surface area contributed by atoms with E-state index in [1.165, 1.54) is 28.8 Å². The van der Waals surface area contributed by atoms with E-state index in [2.05, 4.69) is 69.4 Å². The molecule has 6 heteroatoms. The summed E-state index contributed by atoms with van der Waals surface area (Å²) in [5.41, 5.74) is 3.73. The molecule has 0 amide bonds. The van der Waals surface area contributed by atoms with Crippen LogP contribution in [0.3, 0.4) is 0 Å². The minimum atomic E-state index is 0.430. The first kappa shape index (κ1) is 22.8. The van der Waals surface area contributed by atoms with Gasteiger partial charge in [-0.05, 0) is 73.4 Å². The van der Waals surface area contributed by atoms with Gasteiger partial charge in [0.2, 0.25) is 5.95 Å². The standard InChI is InChI=1S/C28H33N5S/c1-33(2)27-24-10-6-7-11-25(24)31-28(32-27)30-23-14-12-22(13-15-23)29-17-16-20-18-26(34-19-20)21-8-4-3-5-9-21/h3-11,18-19,22-23,29H,12-17H2,1-2H3,(H,30,31,32). The number of thiophene rings is 1. The second-order valence-corrected chi connectivity index (χ2v) is 10.3. The van der Waals surface area contributed by atoms with Crippen LogP contribution in [0.1, 0.15) is 31.2 Å². The lowest BCUT2D eigenvalue weighted by molar-refractivity contribution is 0.355. The third-order valence-corrected chi connectivity index (χ3v) is 7.65. The van der Waals surface area contributed by atoms with Gasteiger partial charge >= 0.3 is 0 Å². The zero-order chi connectivity index (χ0) is 23.3. The van der Waals surface area contributed by atoms with Crippen molar-refractivity contribution >= 4 is 34.0 Å². The van der Waals surface area contributed by atoms with Crippen molar-refractivity contribution in [3.63, 3.8) is 0 Å². The molecule has 1 aliphatic carbocycles. The molecule has 2 heterocycles. The Morgan fingerprint density at radius 2 is 1.65 bits per heavy atom. The summed E-state index contributed by atoms with van der Waals surface area (Å²) in [4.78, 5) is 13.0. The van der Waals surface area contributed by atoms with Gasteiger partial charge in [0, 0.05) is 36.4 Å². The molecule has 1 fully saturated rings. The molecular weight excluding hydrogens is 438 g/mol. The molecule has 0 spiro atoms. The minimum absolute atomic E-state index is 0.430. The third-order valence-electron chi connectivity index (χ3n) is 6.63. The second kappa shape index (κ2) is 10.5. The number of nitrogens with one attached hydrogen (secondary N) is 2. The Balaban J connectivity index is 1.10. The molecule has 0 radical (unpaired) electrons. The summed E-state index contributed by atoms with van der Waals surface area (Å²) in [6.45, 7) is 1.04. The molecule has 0 aliphatic heterocycles. The van der Waals surface area contributed by atoms with Crippen LogP contribution in [0.2, 0.25) is 0 Å². The number of para-hydroxylation sites is 1. The van der Waals surface area contributed by atoms with Crippen molar-refractivity contribution in [1.82, 2.24) is 15.3 Å². The van der Waals surface area contributed by atoms with Gasteiger partial charge in [-0.3, -0.25) is 0 Å². The van der Waals surface area contributed by atoms with E-state index in [0.717, 1.165) is 48.5 Å². The monoisotopic (exact) mass is 471 g/mol. The van der Waals surface area contributed by atoms with E-state index in [0.29, 0.717) is 12.1 Å². The van der Waals surface area contributed by atoms with E-state index < -0.39 is 0 Å². The van der Waals surface area contributed by atoms with Gasteiger partial charge in [0.25, 0.3) is 0 Å². The van der Waals surface area contributed by atoms with E-state index in [-0.39, 0.29) is 0 Å². The van der Waals surface area contributed by atoms with E-state index in [4.69, 9.17) is 9.97 Å². The van der Waals surface area contributed by atoms with Gasteiger partial charge in [-0.2, -0.15) is 4.98 Å². The number of anilines is 2. The normalized spacial score (nSPS) is 18.2. The van der Waals surface area contributed by atoms with Gasteiger partial charge in [-0.15, -0.1) is 11.3 Å². The molecule has 176 valence electrons. The van der Waals surface area contributed by atoms with Crippen molar-refractivity contribution in [2.75, 3.05) is 30.9 Å². The number of nitrogens with zero attached hydrogens (tertiary/aromatic N) is 3. The Hall–Kier alpha value is -2.96. The van der Waals surface area contributed by atoms with Crippen LogP contribution >= 0.6 is 11.3 Å². The lowest BCUT2D eigenvalue weighted by Gasteiger charge is -2.30. The molecule has 0 atom stereocenters. The third kappa shape index (κ3) is 5.40. The van der Waals surface area contributed by atoms with Crippen LogP contribution in [0.15, 0.2) is 66.0 Å². The summed E-state index contributed by atoms with van der Waals surface area (Å²) in [5.74, 6) is 1.71. The van der Waals surface area contributed by atoms with E-state index in [9.17, 15) is 0 Å². The minimum Gasteiger partial charge on any atom is -0.362 e. The van der Waals surface area contributed by atoms with Crippen molar-refractivity contribution in [2.24, 2.45) is 0 Å². The van der Waals surface area contributed by atoms with Crippen LogP contribution in [-0.2, 0) is 6.42 Å². The number of rotatable bonds is 8. The average Bonchev–Trinajstić information content (AvgIpc) is 3.34. The van der Waals surface area contributed by atoms with Crippen molar-refractivity contribution in [3.8, 4) is 10.4 Å². The highest BCUT2D eigenvalue weighted by atomic mass is 32.1. The molecule has 2 N–H and O–H groups in total. The van der Waals surface area contributed by atoms with E-state index in [1.807, 2.05) is 37.6 Å². The molecule has 0 unspecified atom stereocenters. The Morgan fingerprint density at radius 1 is 0.912 bits per heavy atom.